The fourth-order valence-electron chi connectivity index (χ4n) is 1.71. The summed E-state index contributed by atoms with van der Waals surface area (Å²) in [6.07, 6.45) is 0.171. The summed E-state index contributed by atoms with van der Waals surface area (Å²) in [5, 5.41) is 8.77. The Kier molecular flexibility index (Phi) is 2.08. The summed E-state index contributed by atoms with van der Waals surface area (Å²) in [5.74, 6) is -0.0167. The van der Waals surface area contributed by atoms with Crippen LogP contribution < -0.4 is 0 Å². The molecule has 0 unspecified atom stereocenters. The molecular weight excluding hydrogens is 188 g/mol. The molecule has 15 heavy (non-hydrogen) atoms. The van der Waals surface area contributed by atoms with Gasteiger partial charge in [0.25, 0.3) is 5.70 Å². The van der Waals surface area contributed by atoms with Crippen LogP contribution in [-0.2, 0) is 0 Å². The second kappa shape index (κ2) is 3.40. The lowest BCUT2D eigenvalue weighted by atomic mass is 10.1. The van der Waals surface area contributed by atoms with E-state index < -0.39 is 0 Å². The molecule has 3 nitrogen and oxygen atoms in total. The molecule has 3 heteroatoms. The van der Waals surface area contributed by atoms with Gasteiger partial charge >= 0.3 is 0 Å². The number of hydrogen-bond acceptors (Lipinski definition) is 2. The Bertz CT molecular complexity index is 540. The van der Waals surface area contributed by atoms with Crippen molar-refractivity contribution in [3.8, 4) is 6.07 Å². The van der Waals surface area contributed by atoms with Gasteiger partial charge < -0.3 is 0 Å². The molecule has 0 heterocycles. The van der Waals surface area contributed by atoms with Crippen molar-refractivity contribution in [2.75, 3.05) is 0 Å². The Morgan fingerprint density at radius 1 is 1.40 bits per heavy atom. The molecule has 0 aromatic heterocycles. The Hall–Kier alpha value is -2.39. The average molecular weight is 194 g/mol. The number of nitriles is 1. The van der Waals surface area contributed by atoms with Crippen molar-refractivity contribution in [2.24, 2.45) is 0 Å². The van der Waals surface area contributed by atoms with Gasteiger partial charge in [0.05, 0.1) is 12.6 Å². The summed E-state index contributed by atoms with van der Waals surface area (Å²) >= 11 is 0. The zero-order valence-corrected chi connectivity index (χ0v) is 7.82. The van der Waals surface area contributed by atoms with Crippen LogP contribution in [0, 0.1) is 17.9 Å². The first-order chi connectivity index (χ1) is 7.27. The van der Waals surface area contributed by atoms with E-state index in [4.69, 9.17) is 11.8 Å². The normalized spacial score (nSPS) is 16.5. The van der Waals surface area contributed by atoms with Gasteiger partial charge in [0.1, 0.15) is 0 Å². The van der Waals surface area contributed by atoms with E-state index in [-0.39, 0.29) is 17.9 Å². The van der Waals surface area contributed by atoms with E-state index in [9.17, 15) is 4.79 Å². The van der Waals surface area contributed by atoms with Crippen molar-refractivity contribution in [1.82, 2.24) is 0 Å². The van der Waals surface area contributed by atoms with Gasteiger partial charge in [0.15, 0.2) is 5.78 Å². The molecule has 1 aromatic rings. The summed E-state index contributed by atoms with van der Waals surface area (Å²) in [6, 6.07) is 8.91. The van der Waals surface area contributed by atoms with Crippen molar-refractivity contribution >= 4 is 11.4 Å². The Balaban J connectivity index is 2.71. The molecule has 70 valence electrons. The van der Waals surface area contributed by atoms with Crippen LogP contribution in [0.1, 0.15) is 22.3 Å². The lowest BCUT2D eigenvalue weighted by Crippen LogP contribution is -1.88. The third kappa shape index (κ3) is 1.31. The molecule has 0 amide bonds. The molecule has 1 aromatic carbocycles. The predicted octanol–water partition coefficient (Wildman–Crippen LogP) is 2.43. The number of carbonyl (C=O) groups excluding carboxylic acids is 1. The molecule has 0 fully saturated rings. The number of ketones is 1. The summed E-state index contributed by atoms with van der Waals surface area (Å²) in [4.78, 5) is 14.7. The molecular formula is C12H6N2O. The highest BCUT2D eigenvalue weighted by Crippen LogP contribution is 2.34. The smallest absolute Gasteiger partial charge is 0.266 e. The summed E-state index contributed by atoms with van der Waals surface area (Å²) < 4.78 is 0. The molecule has 0 saturated heterocycles. The largest absolute Gasteiger partial charge is 0.294 e. The standard InChI is InChI=1S/C12H6N2O/c1-14-11(7-13)10-6-12(15)9-5-3-2-4-8(9)10/h2-5H,6H2/b11-10+. The maximum absolute atomic E-state index is 11.6. The molecule has 0 N–H and O–H groups in total. The minimum Gasteiger partial charge on any atom is -0.294 e. The second-order valence-electron chi connectivity index (χ2n) is 3.20. The number of benzene rings is 1. The molecule has 2 rings (SSSR count). The van der Waals surface area contributed by atoms with E-state index in [1.54, 1.807) is 24.3 Å². The molecule has 0 radical (unpaired) electrons. The average Bonchev–Trinajstić information content (AvgIpc) is 2.60. The fourth-order valence-corrected chi connectivity index (χ4v) is 1.71. The Labute approximate surface area is 87.1 Å². The van der Waals surface area contributed by atoms with Crippen LogP contribution in [0.2, 0.25) is 0 Å². The lowest BCUT2D eigenvalue weighted by molar-refractivity contribution is 0.100. The quantitative estimate of drug-likeness (QED) is 0.470. The lowest BCUT2D eigenvalue weighted by Gasteiger charge is -1.97. The third-order valence-electron chi connectivity index (χ3n) is 2.39. The first kappa shape index (κ1) is 9.18. The van der Waals surface area contributed by atoms with E-state index in [2.05, 4.69) is 4.85 Å². The van der Waals surface area contributed by atoms with Gasteiger partial charge in [0, 0.05) is 12.0 Å². The van der Waals surface area contributed by atoms with Crippen LogP contribution in [0.3, 0.4) is 0 Å². The number of hydrogen-bond donors (Lipinski definition) is 0. The Morgan fingerprint density at radius 2 is 2.07 bits per heavy atom. The Morgan fingerprint density at radius 3 is 2.67 bits per heavy atom. The maximum atomic E-state index is 11.6. The molecule has 0 bridgehead atoms. The number of Topliss-reactive ketones (excluding diaryl/α,β-unsaturated/α-hetero) is 1. The first-order valence-electron chi connectivity index (χ1n) is 4.41. The van der Waals surface area contributed by atoms with Gasteiger partial charge in [-0.2, -0.15) is 0 Å². The van der Waals surface area contributed by atoms with E-state index in [1.165, 1.54) is 0 Å². The maximum Gasteiger partial charge on any atom is 0.266 e. The second-order valence-corrected chi connectivity index (χ2v) is 3.20. The number of allylic oxidation sites excluding steroid dienone is 2. The predicted molar refractivity (Wildman–Crippen MR) is 54.5 cm³/mol. The van der Waals surface area contributed by atoms with E-state index in [1.807, 2.05) is 6.07 Å². The zero-order valence-electron chi connectivity index (χ0n) is 7.82. The monoisotopic (exact) mass is 194 g/mol. The topological polar surface area (TPSA) is 45.2 Å². The van der Waals surface area contributed by atoms with E-state index in [0.29, 0.717) is 11.1 Å². The van der Waals surface area contributed by atoms with E-state index in [0.717, 1.165) is 5.56 Å². The van der Waals surface area contributed by atoms with Gasteiger partial charge in [-0.05, 0) is 11.1 Å². The van der Waals surface area contributed by atoms with Crippen molar-refractivity contribution in [3.63, 3.8) is 0 Å². The van der Waals surface area contributed by atoms with Gasteiger partial charge in [0.2, 0.25) is 0 Å². The molecule has 0 saturated carbocycles. The van der Waals surface area contributed by atoms with Crippen LogP contribution in [-0.4, -0.2) is 5.78 Å². The molecule has 0 spiro atoms. The zero-order chi connectivity index (χ0) is 10.8. The van der Waals surface area contributed by atoms with Crippen LogP contribution in [0.4, 0.5) is 0 Å². The fraction of sp³-hybridized carbons (Fsp3) is 0.0833. The summed E-state index contributed by atoms with van der Waals surface area (Å²) in [5.41, 5.74) is 1.93. The number of fused-ring (bicyclic) bond motifs is 1. The molecule has 0 aliphatic heterocycles. The number of nitrogens with zero attached hydrogens (tertiary/aromatic N) is 2. The highest BCUT2D eigenvalue weighted by molar-refractivity contribution is 6.12. The van der Waals surface area contributed by atoms with Crippen LogP contribution in [0.5, 0.6) is 0 Å². The van der Waals surface area contributed by atoms with Crippen molar-refractivity contribution in [1.29, 1.82) is 5.26 Å². The van der Waals surface area contributed by atoms with Gasteiger partial charge in [-0.1, -0.05) is 24.3 Å². The molecule has 1 aliphatic rings. The van der Waals surface area contributed by atoms with Gasteiger partial charge in [-0.25, -0.2) is 10.1 Å². The van der Waals surface area contributed by atoms with Gasteiger partial charge in [-0.3, -0.25) is 4.79 Å². The first-order valence-corrected chi connectivity index (χ1v) is 4.41. The van der Waals surface area contributed by atoms with Gasteiger partial charge in [-0.15, -0.1) is 0 Å². The minimum absolute atomic E-state index is 0.0167. The highest BCUT2D eigenvalue weighted by Gasteiger charge is 2.25. The van der Waals surface area contributed by atoms with E-state index >= 15 is 0 Å². The van der Waals surface area contributed by atoms with Crippen LogP contribution in [0.25, 0.3) is 10.4 Å². The minimum atomic E-state index is -0.0167. The SMILES string of the molecule is [C-]#[N+]/C(C#N)=C1\CC(=O)c2ccccc21. The summed E-state index contributed by atoms with van der Waals surface area (Å²) in [7, 11) is 0. The van der Waals surface area contributed by atoms with Crippen LogP contribution in [0.15, 0.2) is 30.0 Å². The molecule has 1 aliphatic carbocycles. The third-order valence-corrected chi connectivity index (χ3v) is 2.39. The van der Waals surface area contributed by atoms with Crippen LogP contribution >= 0.6 is 0 Å². The van der Waals surface area contributed by atoms with Crippen molar-refractivity contribution in [2.45, 2.75) is 6.42 Å². The van der Waals surface area contributed by atoms with Crippen molar-refractivity contribution in [3.05, 3.63) is 52.5 Å². The summed E-state index contributed by atoms with van der Waals surface area (Å²) in [6.45, 7) is 6.87. The highest BCUT2D eigenvalue weighted by atomic mass is 16.1. The van der Waals surface area contributed by atoms with Crippen molar-refractivity contribution < 1.29 is 4.79 Å². The number of carbonyl (C=O) groups is 1. The molecule has 0 atom stereocenters. The number of rotatable bonds is 0.